The number of carbonyl (C=O) groups is 1. The van der Waals surface area contributed by atoms with E-state index < -0.39 is 4.92 Å². The maximum atomic E-state index is 13.4. The number of benzene rings is 2. The molecule has 0 aliphatic carbocycles. The van der Waals surface area contributed by atoms with Crippen LogP contribution in [0.2, 0.25) is 0 Å². The number of aromatic nitrogens is 2. The molecule has 0 bridgehead atoms. The van der Waals surface area contributed by atoms with Gasteiger partial charge in [-0.1, -0.05) is 43.7 Å². The third kappa shape index (κ3) is 5.83. The first-order valence-corrected chi connectivity index (χ1v) is 12.6. The molecule has 0 aliphatic heterocycles. The smallest absolute Gasteiger partial charge is 0.269 e. The van der Waals surface area contributed by atoms with E-state index in [-0.39, 0.29) is 17.2 Å². The first kappa shape index (κ1) is 25.4. The molecule has 0 atom stereocenters. The van der Waals surface area contributed by atoms with Crippen LogP contribution < -0.4 is 5.56 Å². The predicted octanol–water partition coefficient (Wildman–Crippen LogP) is 5.27. The van der Waals surface area contributed by atoms with Crippen LogP contribution in [0.1, 0.15) is 56.0 Å². The number of unbranched alkanes of at least 4 members (excludes halogenated alkanes) is 2. The molecular weight excluding hydrogens is 452 g/mol. The van der Waals surface area contributed by atoms with E-state index in [9.17, 15) is 19.7 Å². The van der Waals surface area contributed by atoms with E-state index in [1.54, 1.807) is 33.7 Å². The number of hydrogen-bond acceptors (Lipinski definition) is 6. The predicted molar refractivity (Wildman–Crippen MR) is 135 cm³/mol. The molecule has 8 nitrogen and oxygen atoms in total. The van der Waals surface area contributed by atoms with E-state index in [2.05, 4.69) is 6.92 Å². The standard InChI is InChI=1S/C25H30N4O4S/c1-4-7-8-14-28-24(31)21-13-12-19(23(30)27(5-2)6-3)16-22(21)26-25(28)34-17-18-10-9-11-20(15-18)29(32)33/h9-13,15-16H,4-8,14,17H2,1-3H3. The zero-order valence-electron chi connectivity index (χ0n) is 19.8. The molecule has 1 aromatic heterocycles. The van der Waals surface area contributed by atoms with Gasteiger partial charge in [0.2, 0.25) is 0 Å². The van der Waals surface area contributed by atoms with Gasteiger partial charge in [-0.25, -0.2) is 4.98 Å². The van der Waals surface area contributed by atoms with E-state index in [4.69, 9.17) is 4.98 Å². The summed E-state index contributed by atoms with van der Waals surface area (Å²) in [6.07, 6.45) is 2.88. The molecule has 34 heavy (non-hydrogen) atoms. The molecule has 1 amide bonds. The zero-order chi connectivity index (χ0) is 24.7. The van der Waals surface area contributed by atoms with Crippen molar-refractivity contribution < 1.29 is 9.72 Å². The molecule has 0 saturated carbocycles. The Balaban J connectivity index is 2.00. The first-order valence-electron chi connectivity index (χ1n) is 11.6. The number of rotatable bonds is 11. The normalized spacial score (nSPS) is 11.0. The summed E-state index contributed by atoms with van der Waals surface area (Å²) in [6, 6.07) is 11.5. The van der Waals surface area contributed by atoms with Crippen LogP contribution in [0.15, 0.2) is 52.4 Å². The van der Waals surface area contributed by atoms with Crippen LogP contribution in [-0.4, -0.2) is 38.4 Å². The van der Waals surface area contributed by atoms with Gasteiger partial charge in [0, 0.05) is 43.1 Å². The summed E-state index contributed by atoms with van der Waals surface area (Å²) in [4.78, 5) is 43.3. The number of nitro groups is 1. The fourth-order valence-corrected chi connectivity index (χ4v) is 4.73. The molecule has 0 radical (unpaired) electrons. The minimum absolute atomic E-state index is 0.0319. The third-order valence-electron chi connectivity index (χ3n) is 5.69. The van der Waals surface area contributed by atoms with Crippen LogP contribution in [-0.2, 0) is 12.3 Å². The molecule has 0 unspecified atom stereocenters. The lowest BCUT2D eigenvalue weighted by atomic mass is 10.1. The molecule has 3 rings (SSSR count). The molecule has 2 aromatic carbocycles. The number of fused-ring (bicyclic) bond motifs is 1. The van der Waals surface area contributed by atoms with E-state index >= 15 is 0 Å². The Morgan fingerprint density at radius 3 is 2.56 bits per heavy atom. The zero-order valence-corrected chi connectivity index (χ0v) is 20.6. The molecule has 0 aliphatic rings. The van der Waals surface area contributed by atoms with Crippen LogP contribution in [0.4, 0.5) is 5.69 Å². The van der Waals surface area contributed by atoms with Crippen molar-refractivity contribution in [1.82, 2.24) is 14.5 Å². The molecule has 0 spiro atoms. The number of carbonyl (C=O) groups excluding carboxylic acids is 1. The number of amides is 1. The van der Waals surface area contributed by atoms with Crippen molar-refractivity contribution in [1.29, 1.82) is 0 Å². The summed E-state index contributed by atoms with van der Waals surface area (Å²) < 4.78 is 1.69. The summed E-state index contributed by atoms with van der Waals surface area (Å²) in [7, 11) is 0. The SMILES string of the molecule is CCCCCn1c(SCc2cccc([N+](=O)[O-])c2)nc2cc(C(=O)N(CC)CC)ccc2c1=O. The summed E-state index contributed by atoms with van der Waals surface area (Å²) in [5.41, 5.74) is 1.66. The number of nitro benzene ring substituents is 1. The van der Waals surface area contributed by atoms with Gasteiger partial charge < -0.3 is 4.90 Å². The number of non-ortho nitro benzene ring substituents is 1. The Kier molecular flexibility index (Phi) is 8.81. The van der Waals surface area contributed by atoms with Gasteiger partial charge in [0.05, 0.1) is 15.8 Å². The summed E-state index contributed by atoms with van der Waals surface area (Å²) in [6.45, 7) is 7.71. The van der Waals surface area contributed by atoms with Crippen molar-refractivity contribution >= 4 is 34.3 Å². The van der Waals surface area contributed by atoms with Crippen molar-refractivity contribution in [3.63, 3.8) is 0 Å². The molecule has 9 heteroatoms. The minimum Gasteiger partial charge on any atom is -0.339 e. The Hall–Kier alpha value is -3.20. The van der Waals surface area contributed by atoms with Crippen LogP contribution >= 0.6 is 11.8 Å². The lowest BCUT2D eigenvalue weighted by Gasteiger charge is -2.19. The quantitative estimate of drug-likeness (QED) is 0.121. The van der Waals surface area contributed by atoms with Gasteiger partial charge in [-0.2, -0.15) is 0 Å². The first-order chi connectivity index (χ1) is 16.4. The summed E-state index contributed by atoms with van der Waals surface area (Å²) >= 11 is 1.37. The molecule has 0 N–H and O–H groups in total. The van der Waals surface area contributed by atoms with E-state index in [1.165, 1.54) is 23.9 Å². The topological polar surface area (TPSA) is 98.3 Å². The average Bonchev–Trinajstić information content (AvgIpc) is 2.84. The van der Waals surface area contributed by atoms with Gasteiger partial charge in [0.1, 0.15) is 0 Å². The third-order valence-corrected chi connectivity index (χ3v) is 6.74. The van der Waals surface area contributed by atoms with Crippen molar-refractivity contribution in [2.24, 2.45) is 0 Å². The van der Waals surface area contributed by atoms with Crippen molar-refractivity contribution in [3.05, 3.63) is 74.1 Å². The van der Waals surface area contributed by atoms with Crippen molar-refractivity contribution in [2.75, 3.05) is 13.1 Å². The lowest BCUT2D eigenvalue weighted by molar-refractivity contribution is -0.384. The Labute approximate surface area is 203 Å². The lowest BCUT2D eigenvalue weighted by Crippen LogP contribution is -2.30. The number of hydrogen-bond donors (Lipinski definition) is 0. The monoisotopic (exact) mass is 482 g/mol. The second-order valence-electron chi connectivity index (χ2n) is 7.98. The van der Waals surface area contributed by atoms with Crippen molar-refractivity contribution in [2.45, 2.75) is 57.5 Å². The van der Waals surface area contributed by atoms with Crippen LogP contribution in [0.5, 0.6) is 0 Å². The minimum atomic E-state index is -0.419. The van der Waals surface area contributed by atoms with Crippen LogP contribution in [0.25, 0.3) is 10.9 Å². The maximum Gasteiger partial charge on any atom is 0.269 e. The van der Waals surface area contributed by atoms with Gasteiger partial charge in [0.15, 0.2) is 5.16 Å². The van der Waals surface area contributed by atoms with E-state index in [0.29, 0.717) is 47.0 Å². The van der Waals surface area contributed by atoms with Crippen LogP contribution in [0.3, 0.4) is 0 Å². The van der Waals surface area contributed by atoms with Gasteiger partial charge in [-0.3, -0.25) is 24.3 Å². The summed E-state index contributed by atoms with van der Waals surface area (Å²) in [5, 5.41) is 12.1. The molecular formula is C25H30N4O4S. The highest BCUT2D eigenvalue weighted by Gasteiger charge is 2.17. The Morgan fingerprint density at radius 1 is 1.12 bits per heavy atom. The molecule has 1 heterocycles. The van der Waals surface area contributed by atoms with Gasteiger partial charge in [0.25, 0.3) is 17.2 Å². The van der Waals surface area contributed by atoms with Gasteiger partial charge in [-0.05, 0) is 44.0 Å². The molecule has 0 fully saturated rings. The molecule has 0 saturated heterocycles. The second-order valence-corrected chi connectivity index (χ2v) is 8.93. The van der Waals surface area contributed by atoms with E-state index in [1.807, 2.05) is 19.9 Å². The number of nitrogens with zero attached hydrogens (tertiary/aromatic N) is 4. The highest BCUT2D eigenvalue weighted by molar-refractivity contribution is 7.98. The number of thioether (sulfide) groups is 1. The van der Waals surface area contributed by atoms with Gasteiger partial charge >= 0.3 is 0 Å². The largest absolute Gasteiger partial charge is 0.339 e. The second kappa shape index (κ2) is 11.8. The maximum absolute atomic E-state index is 13.4. The fourth-order valence-electron chi connectivity index (χ4n) is 3.76. The Morgan fingerprint density at radius 2 is 1.88 bits per heavy atom. The van der Waals surface area contributed by atoms with Crippen molar-refractivity contribution in [3.8, 4) is 0 Å². The van der Waals surface area contributed by atoms with Gasteiger partial charge in [-0.15, -0.1) is 0 Å². The summed E-state index contributed by atoms with van der Waals surface area (Å²) in [5.74, 6) is 0.345. The van der Waals surface area contributed by atoms with E-state index in [0.717, 1.165) is 24.8 Å². The highest BCUT2D eigenvalue weighted by atomic mass is 32.2. The fraction of sp³-hybridized carbons (Fsp3) is 0.400. The highest BCUT2D eigenvalue weighted by Crippen LogP contribution is 2.25. The Bertz CT molecular complexity index is 1240. The average molecular weight is 483 g/mol. The molecule has 180 valence electrons. The molecule has 3 aromatic rings. The van der Waals surface area contributed by atoms with Crippen LogP contribution in [0, 0.1) is 10.1 Å².